The smallest absolute Gasteiger partial charge is 0.264 e. The van der Waals surface area contributed by atoms with E-state index in [0.717, 1.165) is 22.4 Å². The van der Waals surface area contributed by atoms with Gasteiger partial charge in [-0.15, -0.1) is 0 Å². The number of nitrogens with one attached hydrogen (secondary N) is 1. The molecule has 2 heterocycles. The highest BCUT2D eigenvalue weighted by molar-refractivity contribution is 8.18. The fourth-order valence-corrected chi connectivity index (χ4v) is 3.66. The number of rotatable bonds is 3. The highest BCUT2D eigenvalue weighted by Crippen LogP contribution is 2.37. The monoisotopic (exact) mass is 382 g/mol. The number of fused-ring (bicyclic) bond motifs is 1. The minimum Gasteiger partial charge on any atom is -0.494 e. The van der Waals surface area contributed by atoms with Crippen molar-refractivity contribution in [2.45, 2.75) is 13.8 Å². The van der Waals surface area contributed by atoms with Gasteiger partial charge in [-0.25, -0.2) is 4.99 Å². The van der Waals surface area contributed by atoms with E-state index in [1.54, 1.807) is 7.11 Å². The minimum atomic E-state index is -0.178. The van der Waals surface area contributed by atoms with Gasteiger partial charge in [0, 0.05) is 0 Å². The molecule has 6 nitrogen and oxygen atoms in total. The van der Waals surface area contributed by atoms with Gasteiger partial charge in [-0.2, -0.15) is 0 Å². The Morgan fingerprint density at radius 2 is 1.96 bits per heavy atom. The first kappa shape index (κ1) is 17.5. The number of aryl methyl sites for hydroxylation is 2. The van der Waals surface area contributed by atoms with Gasteiger partial charge in [0.25, 0.3) is 5.91 Å². The number of methoxy groups -OCH3 is 1. The highest BCUT2D eigenvalue weighted by Gasteiger charge is 2.25. The first-order chi connectivity index (χ1) is 13.0. The average Bonchev–Trinajstić information content (AvgIpc) is 3.21. The lowest BCUT2D eigenvalue weighted by Gasteiger charge is -2.05. The summed E-state index contributed by atoms with van der Waals surface area (Å²) in [6.45, 7) is 4.18. The lowest BCUT2D eigenvalue weighted by molar-refractivity contribution is -0.115. The van der Waals surface area contributed by atoms with E-state index >= 15 is 0 Å². The van der Waals surface area contributed by atoms with Crippen LogP contribution in [0.4, 0.5) is 5.69 Å². The number of thioether (sulfide) groups is 1. The van der Waals surface area contributed by atoms with Gasteiger partial charge in [-0.1, -0.05) is 6.07 Å². The molecule has 2 aliphatic rings. The molecule has 27 heavy (non-hydrogen) atoms. The van der Waals surface area contributed by atoms with Crippen molar-refractivity contribution in [2.75, 3.05) is 13.9 Å². The van der Waals surface area contributed by atoms with Crippen LogP contribution in [-0.4, -0.2) is 25.0 Å². The summed E-state index contributed by atoms with van der Waals surface area (Å²) in [5, 5.41) is 3.33. The predicted molar refractivity (Wildman–Crippen MR) is 106 cm³/mol. The third-order valence-electron chi connectivity index (χ3n) is 4.26. The van der Waals surface area contributed by atoms with E-state index < -0.39 is 0 Å². The Morgan fingerprint density at radius 1 is 1.19 bits per heavy atom. The molecular weight excluding hydrogens is 364 g/mol. The number of carbonyl (C=O) groups excluding carboxylic acids is 1. The normalized spacial score (nSPS) is 18.3. The largest absolute Gasteiger partial charge is 0.494 e. The molecule has 1 N–H and O–H groups in total. The van der Waals surface area contributed by atoms with Crippen LogP contribution in [0.25, 0.3) is 6.08 Å². The Morgan fingerprint density at radius 3 is 2.74 bits per heavy atom. The Bertz CT molecular complexity index is 998. The van der Waals surface area contributed by atoms with Crippen molar-refractivity contribution in [3.63, 3.8) is 0 Å². The van der Waals surface area contributed by atoms with Gasteiger partial charge in [0.15, 0.2) is 16.7 Å². The molecule has 2 aromatic carbocycles. The van der Waals surface area contributed by atoms with Crippen LogP contribution in [0.15, 0.2) is 40.2 Å². The van der Waals surface area contributed by atoms with Crippen molar-refractivity contribution in [1.82, 2.24) is 5.32 Å². The number of amidine groups is 1. The van der Waals surface area contributed by atoms with E-state index in [-0.39, 0.29) is 12.7 Å². The summed E-state index contributed by atoms with van der Waals surface area (Å²) in [5.74, 6) is 1.90. The van der Waals surface area contributed by atoms with E-state index in [1.807, 2.05) is 50.3 Å². The number of hydrogen-bond donors (Lipinski definition) is 1. The molecule has 0 aromatic heterocycles. The van der Waals surface area contributed by atoms with Crippen molar-refractivity contribution in [3.05, 3.63) is 51.9 Å². The number of carbonyl (C=O) groups is 1. The Kier molecular flexibility index (Phi) is 4.53. The molecule has 0 aliphatic carbocycles. The number of ether oxygens (including phenoxy) is 3. The zero-order valence-electron chi connectivity index (χ0n) is 15.2. The van der Waals surface area contributed by atoms with Gasteiger partial charge >= 0.3 is 0 Å². The molecule has 0 atom stereocenters. The summed E-state index contributed by atoms with van der Waals surface area (Å²) in [5.41, 5.74) is 3.66. The molecule has 0 unspecified atom stereocenters. The second kappa shape index (κ2) is 7.00. The molecule has 7 heteroatoms. The zero-order valence-corrected chi connectivity index (χ0v) is 16.0. The lowest BCUT2D eigenvalue weighted by atomic mass is 10.1. The molecule has 2 aromatic rings. The fourth-order valence-electron chi connectivity index (χ4n) is 2.83. The molecule has 4 rings (SSSR count). The van der Waals surface area contributed by atoms with Gasteiger partial charge in [-0.05, 0) is 72.6 Å². The molecule has 1 saturated heterocycles. The molecule has 0 bridgehead atoms. The summed E-state index contributed by atoms with van der Waals surface area (Å²) in [6, 6.07) is 9.54. The maximum absolute atomic E-state index is 12.4. The van der Waals surface area contributed by atoms with Crippen molar-refractivity contribution in [3.8, 4) is 17.2 Å². The summed E-state index contributed by atoms with van der Waals surface area (Å²) in [7, 11) is 1.60. The van der Waals surface area contributed by atoms with Crippen LogP contribution in [0.3, 0.4) is 0 Å². The zero-order chi connectivity index (χ0) is 19.0. The van der Waals surface area contributed by atoms with Crippen LogP contribution >= 0.6 is 11.8 Å². The van der Waals surface area contributed by atoms with Gasteiger partial charge in [0.1, 0.15) is 11.4 Å². The fraction of sp³-hybridized carbons (Fsp3) is 0.200. The van der Waals surface area contributed by atoms with Crippen LogP contribution in [0, 0.1) is 13.8 Å². The molecule has 2 aliphatic heterocycles. The summed E-state index contributed by atoms with van der Waals surface area (Å²) < 4.78 is 16.2. The number of amides is 1. The quantitative estimate of drug-likeness (QED) is 0.815. The van der Waals surface area contributed by atoms with E-state index in [1.165, 1.54) is 11.8 Å². The van der Waals surface area contributed by atoms with Crippen molar-refractivity contribution >= 4 is 34.6 Å². The summed E-state index contributed by atoms with van der Waals surface area (Å²) in [4.78, 5) is 17.5. The standard InChI is InChI=1S/C20H18N2O4S/c1-11-4-5-15(24-3)14(6-11)21-20-22-19(23)18(27-20)9-13-8-17-16(7-12(13)2)25-10-26-17/h4-9H,10H2,1-3H3,(H,21,22,23)/b18-9-. The Labute approximate surface area is 161 Å². The van der Waals surface area contributed by atoms with Gasteiger partial charge in [-0.3, -0.25) is 4.79 Å². The third-order valence-corrected chi connectivity index (χ3v) is 5.16. The van der Waals surface area contributed by atoms with Gasteiger partial charge in [0.05, 0.1) is 12.0 Å². The molecular formula is C20H18N2O4S. The molecule has 1 fully saturated rings. The van der Waals surface area contributed by atoms with E-state index in [2.05, 4.69) is 10.3 Å². The van der Waals surface area contributed by atoms with Crippen LogP contribution in [-0.2, 0) is 4.79 Å². The number of nitrogens with zero attached hydrogens (tertiary/aromatic N) is 1. The van der Waals surface area contributed by atoms with Crippen LogP contribution < -0.4 is 19.5 Å². The second-order valence-electron chi connectivity index (χ2n) is 6.22. The van der Waals surface area contributed by atoms with E-state index in [4.69, 9.17) is 14.2 Å². The first-order valence-electron chi connectivity index (χ1n) is 8.38. The highest BCUT2D eigenvalue weighted by atomic mass is 32.2. The van der Waals surface area contributed by atoms with Crippen molar-refractivity contribution in [1.29, 1.82) is 0 Å². The Hall–Kier alpha value is -2.93. The van der Waals surface area contributed by atoms with Gasteiger partial charge in [0.2, 0.25) is 6.79 Å². The maximum atomic E-state index is 12.4. The summed E-state index contributed by atoms with van der Waals surface area (Å²) in [6.07, 6.45) is 1.84. The van der Waals surface area contributed by atoms with Crippen molar-refractivity contribution < 1.29 is 19.0 Å². The third kappa shape index (κ3) is 3.50. The first-order valence-corrected chi connectivity index (χ1v) is 9.19. The molecule has 138 valence electrons. The molecule has 0 saturated carbocycles. The number of hydrogen-bond acceptors (Lipinski definition) is 6. The average molecular weight is 382 g/mol. The second-order valence-corrected chi connectivity index (χ2v) is 7.25. The minimum absolute atomic E-state index is 0.178. The van der Waals surface area contributed by atoms with Gasteiger partial charge < -0.3 is 19.5 Å². The Balaban J connectivity index is 1.63. The SMILES string of the molecule is COc1ccc(C)cc1N=C1NC(=O)/C(=C/c2cc3c(cc2C)OCO3)S1. The van der Waals surface area contributed by atoms with E-state index in [0.29, 0.717) is 27.3 Å². The van der Waals surface area contributed by atoms with Crippen LogP contribution in [0.1, 0.15) is 16.7 Å². The summed E-state index contributed by atoms with van der Waals surface area (Å²) >= 11 is 1.30. The van der Waals surface area contributed by atoms with Crippen molar-refractivity contribution in [2.24, 2.45) is 4.99 Å². The maximum Gasteiger partial charge on any atom is 0.264 e. The van der Waals surface area contributed by atoms with E-state index in [9.17, 15) is 4.79 Å². The predicted octanol–water partition coefficient (Wildman–Crippen LogP) is 3.93. The molecule has 0 radical (unpaired) electrons. The number of aliphatic imine (C=N–C) groups is 1. The lowest BCUT2D eigenvalue weighted by Crippen LogP contribution is -2.19. The van der Waals surface area contributed by atoms with Crippen LogP contribution in [0.2, 0.25) is 0 Å². The topological polar surface area (TPSA) is 69.2 Å². The van der Waals surface area contributed by atoms with Crippen LogP contribution in [0.5, 0.6) is 17.2 Å². The molecule has 1 amide bonds. The number of benzene rings is 2. The molecule has 0 spiro atoms.